The SMILES string of the molecule is C[C@@H](NCCCc1nc2c(s1)CCCC2)c1cncc(F)c1. The van der Waals surface area contributed by atoms with Crippen LogP contribution in [0, 0.1) is 5.82 Å². The number of nitrogens with zero attached hydrogens (tertiary/aromatic N) is 2. The Labute approximate surface area is 135 Å². The summed E-state index contributed by atoms with van der Waals surface area (Å²) < 4.78 is 13.2. The second-order valence-corrected chi connectivity index (χ2v) is 7.07. The fourth-order valence-electron chi connectivity index (χ4n) is 2.85. The molecule has 2 aromatic heterocycles. The van der Waals surface area contributed by atoms with Crippen LogP contribution in [-0.4, -0.2) is 16.5 Å². The van der Waals surface area contributed by atoms with Crippen molar-refractivity contribution in [3.05, 3.63) is 45.4 Å². The van der Waals surface area contributed by atoms with Crippen LogP contribution in [0.1, 0.15) is 53.4 Å². The van der Waals surface area contributed by atoms with Gasteiger partial charge in [-0.25, -0.2) is 9.37 Å². The Bertz CT molecular complexity index is 603. The zero-order valence-corrected chi connectivity index (χ0v) is 13.8. The first-order valence-electron chi connectivity index (χ1n) is 8.03. The number of rotatable bonds is 6. The lowest BCUT2D eigenvalue weighted by molar-refractivity contribution is 0.548. The Balaban J connectivity index is 1.44. The van der Waals surface area contributed by atoms with E-state index >= 15 is 0 Å². The highest BCUT2D eigenvalue weighted by molar-refractivity contribution is 7.11. The average molecular weight is 319 g/mol. The smallest absolute Gasteiger partial charge is 0.141 e. The number of pyridine rings is 1. The van der Waals surface area contributed by atoms with Crippen molar-refractivity contribution in [2.75, 3.05) is 6.54 Å². The van der Waals surface area contributed by atoms with E-state index in [1.54, 1.807) is 12.3 Å². The first-order chi connectivity index (χ1) is 10.7. The van der Waals surface area contributed by atoms with E-state index in [-0.39, 0.29) is 11.9 Å². The molecule has 0 bridgehead atoms. The predicted octanol–water partition coefficient (Wildman–Crippen LogP) is 3.84. The van der Waals surface area contributed by atoms with Gasteiger partial charge in [-0.05, 0) is 57.2 Å². The monoisotopic (exact) mass is 319 g/mol. The molecule has 3 nitrogen and oxygen atoms in total. The number of nitrogens with one attached hydrogen (secondary N) is 1. The highest BCUT2D eigenvalue weighted by Crippen LogP contribution is 2.27. The molecule has 1 N–H and O–H groups in total. The van der Waals surface area contributed by atoms with E-state index in [1.807, 2.05) is 18.3 Å². The predicted molar refractivity (Wildman–Crippen MR) is 87.7 cm³/mol. The minimum atomic E-state index is -0.278. The van der Waals surface area contributed by atoms with Gasteiger partial charge in [0.15, 0.2) is 0 Å². The Hall–Kier alpha value is -1.33. The summed E-state index contributed by atoms with van der Waals surface area (Å²) in [5.74, 6) is -0.278. The second kappa shape index (κ2) is 7.29. The van der Waals surface area contributed by atoms with E-state index in [9.17, 15) is 4.39 Å². The number of fused-ring (bicyclic) bond motifs is 1. The minimum absolute atomic E-state index is 0.118. The highest BCUT2D eigenvalue weighted by atomic mass is 32.1. The third-order valence-corrected chi connectivity index (χ3v) is 5.35. The molecule has 0 spiro atoms. The quantitative estimate of drug-likeness (QED) is 0.822. The molecule has 2 aromatic rings. The zero-order valence-electron chi connectivity index (χ0n) is 12.9. The summed E-state index contributed by atoms with van der Waals surface area (Å²) in [7, 11) is 0. The van der Waals surface area contributed by atoms with Crippen molar-refractivity contribution in [2.45, 2.75) is 51.5 Å². The lowest BCUT2D eigenvalue weighted by Gasteiger charge is -2.13. The topological polar surface area (TPSA) is 37.8 Å². The van der Waals surface area contributed by atoms with Gasteiger partial charge in [-0.2, -0.15) is 0 Å². The first-order valence-corrected chi connectivity index (χ1v) is 8.85. The molecule has 3 rings (SSSR count). The molecule has 0 radical (unpaired) electrons. The summed E-state index contributed by atoms with van der Waals surface area (Å²) in [6.07, 6.45) is 10.0. The van der Waals surface area contributed by atoms with Crippen LogP contribution in [0.4, 0.5) is 4.39 Å². The van der Waals surface area contributed by atoms with Gasteiger partial charge in [0.05, 0.1) is 16.9 Å². The highest BCUT2D eigenvalue weighted by Gasteiger charge is 2.14. The molecular weight excluding hydrogens is 297 g/mol. The molecule has 1 aliphatic carbocycles. The van der Waals surface area contributed by atoms with Gasteiger partial charge in [0, 0.05) is 23.5 Å². The van der Waals surface area contributed by atoms with Crippen LogP contribution in [-0.2, 0) is 19.3 Å². The number of hydrogen-bond donors (Lipinski definition) is 1. The summed E-state index contributed by atoms with van der Waals surface area (Å²) in [5.41, 5.74) is 2.24. The van der Waals surface area contributed by atoms with Crippen molar-refractivity contribution < 1.29 is 4.39 Å². The number of aromatic nitrogens is 2. The van der Waals surface area contributed by atoms with Gasteiger partial charge < -0.3 is 5.32 Å². The Kier molecular flexibility index (Phi) is 5.16. The molecule has 0 aromatic carbocycles. The van der Waals surface area contributed by atoms with Gasteiger partial charge in [-0.15, -0.1) is 11.3 Å². The molecule has 0 unspecified atom stereocenters. The van der Waals surface area contributed by atoms with E-state index in [4.69, 9.17) is 4.98 Å². The summed E-state index contributed by atoms with van der Waals surface area (Å²) in [5, 5.41) is 4.70. The molecule has 0 aliphatic heterocycles. The maximum atomic E-state index is 13.2. The van der Waals surface area contributed by atoms with Gasteiger partial charge >= 0.3 is 0 Å². The molecule has 0 saturated heterocycles. The molecule has 0 amide bonds. The maximum absolute atomic E-state index is 13.2. The van der Waals surface area contributed by atoms with Crippen LogP contribution >= 0.6 is 11.3 Å². The van der Waals surface area contributed by atoms with E-state index < -0.39 is 0 Å². The van der Waals surface area contributed by atoms with Gasteiger partial charge in [0.1, 0.15) is 5.82 Å². The lowest BCUT2D eigenvalue weighted by Crippen LogP contribution is -2.20. The van der Waals surface area contributed by atoms with Crippen LogP contribution in [0.15, 0.2) is 18.5 Å². The van der Waals surface area contributed by atoms with E-state index in [2.05, 4.69) is 10.3 Å². The van der Waals surface area contributed by atoms with Crippen LogP contribution in [0.2, 0.25) is 0 Å². The normalized spacial score (nSPS) is 15.5. The van der Waals surface area contributed by atoms with Crippen molar-refractivity contribution >= 4 is 11.3 Å². The van der Waals surface area contributed by atoms with Gasteiger partial charge in [-0.3, -0.25) is 4.98 Å². The summed E-state index contributed by atoms with van der Waals surface area (Å²) in [6, 6.07) is 1.66. The Morgan fingerprint density at radius 3 is 3.00 bits per heavy atom. The number of thiazole rings is 1. The van der Waals surface area contributed by atoms with E-state index in [0.29, 0.717) is 0 Å². The summed E-state index contributed by atoms with van der Waals surface area (Å²) in [6.45, 7) is 2.94. The van der Waals surface area contributed by atoms with Gasteiger partial charge in [0.25, 0.3) is 0 Å². The lowest BCUT2D eigenvalue weighted by atomic mass is 10.0. The fraction of sp³-hybridized carbons (Fsp3) is 0.529. The standard InChI is InChI=1S/C17H22FN3S/c1-12(13-9-14(18)11-19-10-13)20-8-4-7-17-21-15-5-2-3-6-16(15)22-17/h9-12,20H,2-8H2,1H3/t12-/m1/s1. The average Bonchev–Trinajstić information content (AvgIpc) is 2.94. The first kappa shape index (κ1) is 15.6. The molecule has 1 atom stereocenters. The number of hydrogen-bond acceptors (Lipinski definition) is 4. The molecule has 2 heterocycles. The zero-order chi connectivity index (χ0) is 15.4. The second-order valence-electron chi connectivity index (χ2n) is 5.90. The van der Waals surface area contributed by atoms with E-state index in [1.165, 1.54) is 41.0 Å². The van der Waals surface area contributed by atoms with Crippen molar-refractivity contribution in [3.8, 4) is 0 Å². The van der Waals surface area contributed by atoms with Crippen LogP contribution in [0.5, 0.6) is 0 Å². The Morgan fingerprint density at radius 2 is 2.18 bits per heavy atom. The Morgan fingerprint density at radius 1 is 1.32 bits per heavy atom. The minimum Gasteiger partial charge on any atom is -0.310 e. The maximum Gasteiger partial charge on any atom is 0.141 e. The third kappa shape index (κ3) is 3.90. The van der Waals surface area contributed by atoms with Crippen LogP contribution < -0.4 is 5.32 Å². The molecule has 118 valence electrons. The third-order valence-electron chi connectivity index (χ3n) is 4.13. The molecule has 5 heteroatoms. The van der Waals surface area contributed by atoms with Crippen molar-refractivity contribution in [2.24, 2.45) is 0 Å². The number of halogens is 1. The van der Waals surface area contributed by atoms with Crippen molar-refractivity contribution in [3.63, 3.8) is 0 Å². The molecule has 1 aliphatic rings. The fourth-order valence-corrected chi connectivity index (χ4v) is 4.05. The van der Waals surface area contributed by atoms with Crippen LogP contribution in [0.3, 0.4) is 0 Å². The number of aryl methyl sites for hydroxylation is 3. The van der Waals surface area contributed by atoms with Crippen molar-refractivity contribution in [1.82, 2.24) is 15.3 Å². The molecule has 0 fully saturated rings. The van der Waals surface area contributed by atoms with Crippen LogP contribution in [0.25, 0.3) is 0 Å². The summed E-state index contributed by atoms with van der Waals surface area (Å²) in [4.78, 5) is 10.2. The molecule has 0 saturated carbocycles. The van der Waals surface area contributed by atoms with Crippen molar-refractivity contribution in [1.29, 1.82) is 0 Å². The largest absolute Gasteiger partial charge is 0.310 e. The van der Waals surface area contributed by atoms with E-state index in [0.717, 1.165) is 31.4 Å². The molecular formula is C17H22FN3S. The van der Waals surface area contributed by atoms with Gasteiger partial charge in [-0.1, -0.05) is 0 Å². The molecule has 22 heavy (non-hydrogen) atoms. The summed E-state index contributed by atoms with van der Waals surface area (Å²) >= 11 is 1.89. The van der Waals surface area contributed by atoms with Gasteiger partial charge in [0.2, 0.25) is 0 Å².